The van der Waals surface area contributed by atoms with Crippen LogP contribution in [0.1, 0.15) is 26.6 Å². The Morgan fingerprint density at radius 1 is 1.50 bits per heavy atom. The second-order valence-electron chi connectivity index (χ2n) is 4.28. The Hall–Kier alpha value is -1.85. The molecule has 0 aliphatic rings. The van der Waals surface area contributed by atoms with Crippen LogP contribution in [-0.4, -0.2) is 33.7 Å². The van der Waals surface area contributed by atoms with Gasteiger partial charge in [0.1, 0.15) is 17.7 Å². The van der Waals surface area contributed by atoms with Gasteiger partial charge in [0.15, 0.2) is 0 Å². The highest BCUT2D eigenvalue weighted by Crippen LogP contribution is 2.16. The van der Waals surface area contributed by atoms with Crippen LogP contribution in [0, 0.1) is 12.8 Å². The largest absolute Gasteiger partial charge is 0.480 e. The number of hydrogen-bond donors (Lipinski definition) is 2. The Morgan fingerprint density at radius 3 is 2.67 bits per heavy atom. The highest BCUT2D eigenvalue weighted by Gasteiger charge is 2.21. The molecule has 0 fully saturated rings. The smallest absolute Gasteiger partial charge is 0.326 e. The highest BCUT2D eigenvalue weighted by molar-refractivity contribution is 5.77. The van der Waals surface area contributed by atoms with Gasteiger partial charge in [-0.1, -0.05) is 13.8 Å². The summed E-state index contributed by atoms with van der Waals surface area (Å²) in [6.45, 7) is 7.77. The summed E-state index contributed by atoms with van der Waals surface area (Å²) in [5, 5.41) is 12.0. The van der Waals surface area contributed by atoms with Crippen molar-refractivity contribution in [2.24, 2.45) is 5.92 Å². The van der Waals surface area contributed by atoms with Gasteiger partial charge in [0, 0.05) is 6.07 Å². The highest BCUT2D eigenvalue weighted by atomic mass is 16.5. The first-order valence-electron chi connectivity index (χ1n) is 5.91. The first kappa shape index (κ1) is 14.2. The van der Waals surface area contributed by atoms with Gasteiger partial charge < -0.3 is 15.2 Å². The summed E-state index contributed by atoms with van der Waals surface area (Å²) in [7, 11) is 0. The first-order valence-corrected chi connectivity index (χ1v) is 5.91. The number of rotatable bonds is 6. The average Bonchev–Trinajstić information content (AvgIpc) is 2.24. The quantitative estimate of drug-likeness (QED) is 0.802. The Balaban J connectivity index is 2.91. The fourth-order valence-electron chi connectivity index (χ4n) is 1.51. The van der Waals surface area contributed by atoms with E-state index in [0.717, 1.165) is 0 Å². The number of carbonyl (C=O) groups is 1. The van der Waals surface area contributed by atoms with Gasteiger partial charge in [-0.15, -0.1) is 0 Å². The molecule has 1 heterocycles. The molecule has 0 aromatic carbocycles. The summed E-state index contributed by atoms with van der Waals surface area (Å²) >= 11 is 0. The molecule has 18 heavy (non-hydrogen) atoms. The SMILES string of the molecule is CCOc1cc(NC(C(=O)O)C(C)C)nc(C)n1. The second-order valence-corrected chi connectivity index (χ2v) is 4.28. The number of carboxylic acid groups (broad SMARTS) is 1. The molecule has 0 aliphatic heterocycles. The molecule has 0 amide bonds. The minimum atomic E-state index is -0.903. The molecule has 1 aromatic heterocycles. The van der Waals surface area contributed by atoms with E-state index in [1.165, 1.54) is 0 Å². The molecule has 0 bridgehead atoms. The minimum Gasteiger partial charge on any atom is -0.480 e. The van der Waals surface area contributed by atoms with E-state index in [2.05, 4.69) is 15.3 Å². The lowest BCUT2D eigenvalue weighted by Gasteiger charge is -2.18. The van der Waals surface area contributed by atoms with E-state index in [9.17, 15) is 4.79 Å². The van der Waals surface area contributed by atoms with Gasteiger partial charge in [0.05, 0.1) is 6.61 Å². The molecule has 2 N–H and O–H groups in total. The molecule has 0 aliphatic carbocycles. The van der Waals surface area contributed by atoms with Gasteiger partial charge in [-0.2, -0.15) is 4.98 Å². The number of carboxylic acids is 1. The van der Waals surface area contributed by atoms with Crippen LogP contribution in [0.3, 0.4) is 0 Å². The van der Waals surface area contributed by atoms with Gasteiger partial charge in [-0.3, -0.25) is 0 Å². The van der Waals surface area contributed by atoms with Gasteiger partial charge in [0.25, 0.3) is 0 Å². The van der Waals surface area contributed by atoms with E-state index in [-0.39, 0.29) is 5.92 Å². The Morgan fingerprint density at radius 2 is 2.17 bits per heavy atom. The molecular formula is C12H19N3O3. The minimum absolute atomic E-state index is 0.0479. The molecular weight excluding hydrogens is 234 g/mol. The van der Waals surface area contributed by atoms with Crippen molar-refractivity contribution in [2.45, 2.75) is 33.7 Å². The van der Waals surface area contributed by atoms with Crippen LogP contribution in [0.4, 0.5) is 5.82 Å². The van der Waals surface area contributed by atoms with Crippen molar-refractivity contribution in [3.05, 3.63) is 11.9 Å². The van der Waals surface area contributed by atoms with E-state index in [0.29, 0.717) is 24.1 Å². The molecule has 0 saturated carbocycles. The van der Waals surface area contributed by atoms with Crippen LogP contribution in [0.25, 0.3) is 0 Å². The fourth-order valence-corrected chi connectivity index (χ4v) is 1.51. The zero-order valence-electron chi connectivity index (χ0n) is 11.1. The third-order valence-electron chi connectivity index (χ3n) is 2.34. The van der Waals surface area contributed by atoms with Crippen molar-refractivity contribution in [3.8, 4) is 5.88 Å². The molecule has 0 radical (unpaired) electrons. The molecule has 0 spiro atoms. The molecule has 1 rings (SSSR count). The average molecular weight is 253 g/mol. The molecule has 1 aromatic rings. The Labute approximate surface area is 106 Å². The maximum absolute atomic E-state index is 11.1. The van der Waals surface area contributed by atoms with E-state index in [1.54, 1.807) is 13.0 Å². The summed E-state index contributed by atoms with van der Waals surface area (Å²) in [6.07, 6.45) is 0. The lowest BCUT2D eigenvalue weighted by atomic mass is 10.1. The molecule has 6 heteroatoms. The van der Waals surface area contributed by atoms with Crippen LogP contribution in [-0.2, 0) is 4.79 Å². The number of aryl methyl sites for hydroxylation is 1. The third-order valence-corrected chi connectivity index (χ3v) is 2.34. The van der Waals surface area contributed by atoms with Crippen LogP contribution in [0.2, 0.25) is 0 Å². The standard InChI is InChI=1S/C12H19N3O3/c1-5-18-10-6-9(13-8(4)14-10)15-11(7(2)3)12(16)17/h6-7,11H,5H2,1-4H3,(H,16,17)(H,13,14,15). The summed E-state index contributed by atoms with van der Waals surface area (Å²) in [5.74, 6) is 0.497. The topological polar surface area (TPSA) is 84.3 Å². The predicted molar refractivity (Wildman–Crippen MR) is 67.8 cm³/mol. The maximum atomic E-state index is 11.1. The normalized spacial score (nSPS) is 12.3. The summed E-state index contributed by atoms with van der Waals surface area (Å²) < 4.78 is 5.29. The zero-order valence-corrected chi connectivity index (χ0v) is 11.1. The van der Waals surface area contributed by atoms with Crippen LogP contribution in [0.5, 0.6) is 5.88 Å². The zero-order chi connectivity index (χ0) is 13.7. The maximum Gasteiger partial charge on any atom is 0.326 e. The van der Waals surface area contributed by atoms with Crippen LogP contribution in [0.15, 0.2) is 6.07 Å². The lowest BCUT2D eigenvalue weighted by molar-refractivity contribution is -0.138. The van der Waals surface area contributed by atoms with E-state index >= 15 is 0 Å². The predicted octanol–water partition coefficient (Wildman–Crippen LogP) is 1.70. The fraction of sp³-hybridized carbons (Fsp3) is 0.583. The van der Waals surface area contributed by atoms with Gasteiger partial charge >= 0.3 is 5.97 Å². The van der Waals surface area contributed by atoms with Crippen molar-refractivity contribution >= 4 is 11.8 Å². The number of anilines is 1. The monoisotopic (exact) mass is 253 g/mol. The number of hydrogen-bond acceptors (Lipinski definition) is 5. The van der Waals surface area contributed by atoms with Gasteiger partial charge in [-0.25, -0.2) is 9.78 Å². The van der Waals surface area contributed by atoms with E-state index in [1.807, 2.05) is 20.8 Å². The van der Waals surface area contributed by atoms with Crippen molar-refractivity contribution in [2.75, 3.05) is 11.9 Å². The van der Waals surface area contributed by atoms with E-state index in [4.69, 9.17) is 9.84 Å². The number of aliphatic carboxylic acids is 1. The van der Waals surface area contributed by atoms with Crippen molar-refractivity contribution in [1.82, 2.24) is 9.97 Å². The Bertz CT molecular complexity index is 421. The van der Waals surface area contributed by atoms with E-state index < -0.39 is 12.0 Å². The summed E-state index contributed by atoms with van der Waals surface area (Å²) in [4.78, 5) is 19.4. The Kier molecular flexibility index (Phi) is 4.88. The number of nitrogens with zero attached hydrogens (tertiary/aromatic N) is 2. The van der Waals surface area contributed by atoms with Crippen LogP contribution >= 0.6 is 0 Å². The molecule has 0 saturated heterocycles. The second kappa shape index (κ2) is 6.18. The number of aromatic nitrogens is 2. The molecule has 100 valence electrons. The number of nitrogens with one attached hydrogen (secondary N) is 1. The van der Waals surface area contributed by atoms with Gasteiger partial charge in [0.2, 0.25) is 5.88 Å². The molecule has 1 atom stereocenters. The van der Waals surface area contributed by atoms with Crippen LogP contribution < -0.4 is 10.1 Å². The lowest BCUT2D eigenvalue weighted by Crippen LogP contribution is -2.34. The number of ether oxygens (including phenoxy) is 1. The third kappa shape index (κ3) is 3.87. The van der Waals surface area contributed by atoms with Crippen molar-refractivity contribution in [1.29, 1.82) is 0 Å². The van der Waals surface area contributed by atoms with Gasteiger partial charge in [-0.05, 0) is 19.8 Å². The first-order chi connectivity index (χ1) is 8.43. The molecule has 1 unspecified atom stereocenters. The summed E-state index contributed by atoms with van der Waals surface area (Å²) in [5.41, 5.74) is 0. The van der Waals surface area contributed by atoms with Crippen molar-refractivity contribution in [3.63, 3.8) is 0 Å². The molecule has 6 nitrogen and oxygen atoms in total. The summed E-state index contributed by atoms with van der Waals surface area (Å²) in [6, 6.07) is 0.920. The van der Waals surface area contributed by atoms with Crippen molar-refractivity contribution < 1.29 is 14.6 Å².